The first kappa shape index (κ1) is 34.2. The van der Waals surface area contributed by atoms with E-state index in [1.807, 2.05) is 72.8 Å². The normalized spacial score (nSPS) is 11.1. The summed E-state index contributed by atoms with van der Waals surface area (Å²) >= 11 is 0. The molecule has 0 aliphatic heterocycles. The molecule has 0 saturated carbocycles. The summed E-state index contributed by atoms with van der Waals surface area (Å²) in [5.41, 5.74) is 2.23. The average Bonchev–Trinajstić information content (AvgIpc) is 3.53. The van der Waals surface area contributed by atoms with Crippen molar-refractivity contribution in [2.24, 2.45) is 0 Å². The molecule has 0 radical (unpaired) electrons. The molecule has 6 aromatic carbocycles. The van der Waals surface area contributed by atoms with Gasteiger partial charge in [-0.15, -0.1) is 69.1 Å². The van der Waals surface area contributed by atoms with Crippen molar-refractivity contribution in [1.29, 1.82) is 0 Å². The van der Waals surface area contributed by atoms with Gasteiger partial charge in [0.15, 0.2) is 0 Å². The van der Waals surface area contributed by atoms with E-state index < -0.39 is 23.5 Å². The van der Waals surface area contributed by atoms with Crippen LogP contribution in [-0.4, -0.2) is 0 Å². The van der Waals surface area contributed by atoms with Crippen LogP contribution >= 0.6 is 0 Å². The van der Waals surface area contributed by atoms with Gasteiger partial charge in [-0.3, -0.25) is 0 Å². The van der Waals surface area contributed by atoms with Gasteiger partial charge in [-0.1, -0.05) is 96.1 Å². The summed E-state index contributed by atoms with van der Waals surface area (Å²) in [6, 6.07) is 34.2. The molecule has 0 amide bonds. The molecule has 0 saturated heterocycles. The summed E-state index contributed by atoms with van der Waals surface area (Å²) in [6.45, 7) is 0. The van der Waals surface area contributed by atoms with E-state index in [2.05, 4.69) is 0 Å². The molecule has 0 heterocycles. The van der Waals surface area contributed by atoms with Crippen molar-refractivity contribution in [3.05, 3.63) is 132 Å². The SMILES string of the molecule is FC(F)(F)c1ccc(-c2cc3ccccc3[cH-]2)cc1.FC(F)(F)c1ccc(-c2cc3ccccc3[cH-]2)cc1.[Cl-].[Cl-].[Ti+4]. The molecular formula is C32H20Cl2F6Ti. The summed E-state index contributed by atoms with van der Waals surface area (Å²) in [4.78, 5) is 0. The number of hydrogen-bond acceptors (Lipinski definition) is 0. The molecule has 0 fully saturated rings. The van der Waals surface area contributed by atoms with E-state index in [-0.39, 0.29) is 46.5 Å². The number of rotatable bonds is 2. The Balaban J connectivity index is 0.000000267. The van der Waals surface area contributed by atoms with E-state index in [4.69, 9.17) is 0 Å². The summed E-state index contributed by atoms with van der Waals surface area (Å²) < 4.78 is 74.9. The van der Waals surface area contributed by atoms with Crippen LogP contribution in [0.5, 0.6) is 0 Å². The molecule has 0 nitrogen and oxygen atoms in total. The molecule has 6 rings (SSSR count). The van der Waals surface area contributed by atoms with Crippen molar-refractivity contribution in [1.82, 2.24) is 0 Å². The molecule has 41 heavy (non-hydrogen) atoms. The van der Waals surface area contributed by atoms with Gasteiger partial charge in [-0.25, -0.2) is 0 Å². The van der Waals surface area contributed by atoms with Crippen molar-refractivity contribution in [3.8, 4) is 22.3 Å². The topological polar surface area (TPSA) is 0 Å². The second-order valence-electron chi connectivity index (χ2n) is 8.90. The second kappa shape index (κ2) is 13.8. The number of hydrogen-bond donors (Lipinski definition) is 0. The Morgan fingerprint density at radius 2 is 0.756 bits per heavy atom. The second-order valence-corrected chi connectivity index (χ2v) is 8.90. The summed E-state index contributed by atoms with van der Waals surface area (Å²) in [5, 5.41) is 4.38. The minimum atomic E-state index is -4.28. The van der Waals surface area contributed by atoms with Gasteiger partial charge < -0.3 is 24.8 Å². The maximum absolute atomic E-state index is 12.5. The minimum Gasteiger partial charge on any atom is -1.00 e. The van der Waals surface area contributed by atoms with Crippen LogP contribution in [0.3, 0.4) is 0 Å². The van der Waals surface area contributed by atoms with Crippen LogP contribution in [0.2, 0.25) is 0 Å². The van der Waals surface area contributed by atoms with Gasteiger partial charge in [0.25, 0.3) is 0 Å². The van der Waals surface area contributed by atoms with Crippen LogP contribution in [-0.2, 0) is 34.1 Å². The van der Waals surface area contributed by atoms with E-state index in [0.29, 0.717) is 0 Å². The Labute approximate surface area is 260 Å². The van der Waals surface area contributed by atoms with Gasteiger partial charge in [0.05, 0.1) is 11.1 Å². The molecule has 0 atom stereocenters. The Morgan fingerprint density at radius 3 is 1.05 bits per heavy atom. The smallest absolute Gasteiger partial charge is 1.00 e. The fourth-order valence-corrected chi connectivity index (χ4v) is 4.34. The van der Waals surface area contributed by atoms with Gasteiger partial charge >= 0.3 is 34.1 Å². The third kappa shape index (κ3) is 8.05. The Morgan fingerprint density at radius 1 is 0.439 bits per heavy atom. The summed E-state index contributed by atoms with van der Waals surface area (Å²) in [5.74, 6) is 0. The Hall–Kier alpha value is -3.03. The molecule has 0 aliphatic carbocycles. The van der Waals surface area contributed by atoms with Gasteiger partial charge in [0, 0.05) is 0 Å². The van der Waals surface area contributed by atoms with Gasteiger partial charge in [-0.2, -0.15) is 26.3 Å². The number of benzene rings is 4. The molecule has 0 spiro atoms. The van der Waals surface area contributed by atoms with Crippen LogP contribution in [0.4, 0.5) is 26.3 Å². The number of halogens is 8. The van der Waals surface area contributed by atoms with Crippen molar-refractivity contribution >= 4 is 21.5 Å². The van der Waals surface area contributed by atoms with Gasteiger partial charge in [0.2, 0.25) is 0 Å². The number of fused-ring (bicyclic) bond motifs is 2. The van der Waals surface area contributed by atoms with Crippen molar-refractivity contribution < 1.29 is 72.9 Å². The van der Waals surface area contributed by atoms with Crippen molar-refractivity contribution in [3.63, 3.8) is 0 Å². The van der Waals surface area contributed by atoms with Gasteiger partial charge in [0.1, 0.15) is 0 Å². The fraction of sp³-hybridized carbons (Fsp3) is 0.0625. The third-order valence-corrected chi connectivity index (χ3v) is 6.33. The van der Waals surface area contributed by atoms with Crippen molar-refractivity contribution in [2.45, 2.75) is 12.4 Å². The standard InChI is InChI=1S/2C16H10F3.2ClH.Ti/c2*17-16(18,19)15-7-5-11(6-8-15)14-9-12-3-1-2-4-13(12)10-14;;;/h2*1-10H;2*1H;/q2*-1;;;+4/p-2. The molecule has 9 heteroatoms. The molecule has 0 bridgehead atoms. The maximum Gasteiger partial charge on any atom is 4.00 e. The van der Waals surface area contributed by atoms with Crippen LogP contribution < -0.4 is 24.8 Å². The molecular weight excluding hydrogens is 617 g/mol. The van der Waals surface area contributed by atoms with E-state index >= 15 is 0 Å². The third-order valence-electron chi connectivity index (χ3n) is 6.33. The van der Waals surface area contributed by atoms with Crippen LogP contribution in [0.1, 0.15) is 11.1 Å². The Kier molecular flexibility index (Phi) is 11.5. The predicted octanol–water partition coefficient (Wildman–Crippen LogP) is 4.49. The fourth-order valence-electron chi connectivity index (χ4n) is 4.34. The van der Waals surface area contributed by atoms with Crippen molar-refractivity contribution in [2.75, 3.05) is 0 Å². The van der Waals surface area contributed by atoms with Crippen LogP contribution in [0.25, 0.3) is 43.8 Å². The zero-order chi connectivity index (χ0) is 26.9. The summed E-state index contributed by atoms with van der Waals surface area (Å²) in [6.07, 6.45) is -8.56. The average molecular weight is 637 g/mol. The monoisotopic (exact) mass is 636 g/mol. The first-order valence-corrected chi connectivity index (χ1v) is 11.7. The van der Waals surface area contributed by atoms with Gasteiger partial charge in [-0.05, 0) is 0 Å². The Bertz CT molecular complexity index is 1490. The minimum absolute atomic E-state index is 0. The zero-order valence-corrected chi connectivity index (χ0v) is 24.1. The van der Waals surface area contributed by atoms with E-state index in [9.17, 15) is 26.3 Å². The molecule has 6 aromatic rings. The molecule has 208 valence electrons. The molecule has 0 N–H and O–H groups in total. The van der Waals surface area contributed by atoms with Crippen LogP contribution in [0, 0.1) is 0 Å². The van der Waals surface area contributed by atoms with Crippen LogP contribution in [0.15, 0.2) is 121 Å². The molecule has 0 aromatic heterocycles. The van der Waals surface area contributed by atoms with E-state index in [0.717, 1.165) is 68.1 Å². The summed E-state index contributed by atoms with van der Waals surface area (Å²) in [7, 11) is 0. The molecule has 0 aliphatic rings. The van der Waals surface area contributed by atoms with E-state index in [1.54, 1.807) is 0 Å². The zero-order valence-electron chi connectivity index (χ0n) is 21.1. The largest absolute Gasteiger partial charge is 4.00 e. The maximum atomic E-state index is 12.5. The first-order valence-electron chi connectivity index (χ1n) is 11.7. The number of alkyl halides is 6. The predicted molar refractivity (Wildman–Crippen MR) is 140 cm³/mol. The quantitative estimate of drug-likeness (QED) is 0.149. The first-order chi connectivity index (χ1) is 18.1. The van der Waals surface area contributed by atoms with E-state index in [1.165, 1.54) is 24.3 Å². The molecule has 0 unspecified atom stereocenters.